The molecule has 1 amide bonds. The van der Waals surface area contributed by atoms with Crippen LogP contribution in [-0.2, 0) is 4.79 Å². The summed E-state index contributed by atoms with van der Waals surface area (Å²) < 4.78 is 0. The molecule has 1 heterocycles. The molecule has 1 unspecified atom stereocenters. The number of halogens is 1. The first kappa shape index (κ1) is 19.7. The van der Waals surface area contributed by atoms with Crippen molar-refractivity contribution in [3.8, 4) is 0 Å². The van der Waals surface area contributed by atoms with Crippen LogP contribution >= 0.6 is 12.4 Å². The smallest absolute Gasteiger partial charge is 0.223 e. The summed E-state index contributed by atoms with van der Waals surface area (Å²) in [5.41, 5.74) is 0.0810. The molecule has 0 aromatic heterocycles. The quantitative estimate of drug-likeness (QED) is 0.815. The second-order valence-corrected chi connectivity index (χ2v) is 7.03. The van der Waals surface area contributed by atoms with Crippen LogP contribution in [0.2, 0.25) is 0 Å². The Morgan fingerprint density at radius 3 is 2.55 bits per heavy atom. The summed E-state index contributed by atoms with van der Waals surface area (Å²) in [4.78, 5) is 14.5. The van der Waals surface area contributed by atoms with Gasteiger partial charge in [0, 0.05) is 24.5 Å². The third-order valence-electron chi connectivity index (χ3n) is 4.25. The minimum atomic E-state index is 0. The van der Waals surface area contributed by atoms with Gasteiger partial charge < -0.3 is 15.5 Å². The zero-order valence-electron chi connectivity index (χ0n) is 13.8. The second-order valence-electron chi connectivity index (χ2n) is 7.03. The predicted octanol–water partition coefficient (Wildman–Crippen LogP) is 1.89. The van der Waals surface area contributed by atoms with Gasteiger partial charge in [0.25, 0.3) is 0 Å². The number of hydrogen-bond acceptors (Lipinski definition) is 3. The average molecular weight is 306 g/mol. The van der Waals surface area contributed by atoms with Gasteiger partial charge in [-0.25, -0.2) is 0 Å². The van der Waals surface area contributed by atoms with Crippen LogP contribution in [0.15, 0.2) is 0 Å². The zero-order chi connectivity index (χ0) is 14.6. The molecule has 20 heavy (non-hydrogen) atoms. The van der Waals surface area contributed by atoms with Crippen LogP contribution in [0.1, 0.15) is 40.5 Å². The van der Waals surface area contributed by atoms with Crippen LogP contribution in [0.3, 0.4) is 0 Å². The number of hydrogen-bond donors (Lipinski definition) is 2. The highest BCUT2D eigenvalue weighted by Gasteiger charge is 2.31. The van der Waals surface area contributed by atoms with Gasteiger partial charge in [-0.15, -0.1) is 12.4 Å². The van der Waals surface area contributed by atoms with Crippen molar-refractivity contribution in [2.45, 2.75) is 52.6 Å². The standard InChI is InChI=1S/C15H31N3O.ClH/c1-11-9-13(7-8-16-11)14(19)17-12(2)15(3,4)10-18(5)6;/h11-13,16H,7-10H2,1-6H3,(H,17,19);1H/t11-,12?,13-;/m0./s1. The first-order valence-electron chi connectivity index (χ1n) is 7.41. The molecular weight excluding hydrogens is 274 g/mol. The number of amides is 1. The van der Waals surface area contributed by atoms with Gasteiger partial charge in [0.05, 0.1) is 0 Å². The molecule has 0 spiro atoms. The second kappa shape index (κ2) is 8.20. The number of piperidine rings is 1. The Morgan fingerprint density at radius 2 is 2.05 bits per heavy atom. The Morgan fingerprint density at radius 1 is 1.45 bits per heavy atom. The van der Waals surface area contributed by atoms with Crippen LogP contribution in [0.25, 0.3) is 0 Å². The largest absolute Gasteiger partial charge is 0.353 e. The molecule has 3 atom stereocenters. The molecule has 0 saturated carbocycles. The molecule has 1 aliphatic rings. The fraction of sp³-hybridized carbons (Fsp3) is 0.933. The van der Waals surface area contributed by atoms with Gasteiger partial charge in [0.2, 0.25) is 5.91 Å². The minimum absolute atomic E-state index is 0. The van der Waals surface area contributed by atoms with Gasteiger partial charge in [-0.2, -0.15) is 0 Å². The molecule has 120 valence electrons. The van der Waals surface area contributed by atoms with E-state index < -0.39 is 0 Å². The van der Waals surface area contributed by atoms with E-state index in [0.717, 1.165) is 25.9 Å². The van der Waals surface area contributed by atoms with E-state index in [9.17, 15) is 4.79 Å². The lowest BCUT2D eigenvalue weighted by Crippen LogP contribution is -2.50. The first-order valence-corrected chi connectivity index (χ1v) is 7.41. The average Bonchev–Trinajstić information content (AvgIpc) is 2.27. The lowest BCUT2D eigenvalue weighted by molar-refractivity contribution is -0.127. The van der Waals surface area contributed by atoms with Crippen LogP contribution in [0, 0.1) is 11.3 Å². The maximum atomic E-state index is 12.3. The number of rotatable bonds is 5. The number of nitrogens with one attached hydrogen (secondary N) is 2. The highest BCUT2D eigenvalue weighted by atomic mass is 35.5. The van der Waals surface area contributed by atoms with Gasteiger partial charge in [-0.05, 0) is 52.7 Å². The maximum absolute atomic E-state index is 12.3. The summed E-state index contributed by atoms with van der Waals surface area (Å²) in [6.07, 6.45) is 1.91. The summed E-state index contributed by atoms with van der Waals surface area (Å²) in [6.45, 7) is 10.6. The van der Waals surface area contributed by atoms with Gasteiger partial charge in [0.15, 0.2) is 0 Å². The molecule has 1 aliphatic heterocycles. The Labute approximate surface area is 130 Å². The van der Waals surface area contributed by atoms with Crippen molar-refractivity contribution in [1.29, 1.82) is 0 Å². The fourth-order valence-electron chi connectivity index (χ4n) is 2.85. The van der Waals surface area contributed by atoms with Crippen molar-refractivity contribution in [3.05, 3.63) is 0 Å². The Kier molecular flexibility index (Phi) is 8.07. The lowest BCUT2D eigenvalue weighted by Gasteiger charge is -2.36. The SMILES string of the molecule is CC(NC(=O)[C@H]1CCN[C@@H](C)C1)C(C)(C)CN(C)C.Cl. The van der Waals surface area contributed by atoms with Crippen LogP contribution in [0.4, 0.5) is 0 Å². The summed E-state index contributed by atoms with van der Waals surface area (Å²) >= 11 is 0. The van der Waals surface area contributed by atoms with E-state index in [1.54, 1.807) is 0 Å². The molecule has 1 fully saturated rings. The van der Waals surface area contributed by atoms with E-state index in [0.29, 0.717) is 6.04 Å². The predicted molar refractivity (Wildman–Crippen MR) is 87.4 cm³/mol. The maximum Gasteiger partial charge on any atom is 0.223 e. The van der Waals surface area contributed by atoms with Crippen molar-refractivity contribution in [2.24, 2.45) is 11.3 Å². The van der Waals surface area contributed by atoms with Crippen molar-refractivity contribution in [2.75, 3.05) is 27.2 Å². The molecular formula is C15H32ClN3O. The van der Waals surface area contributed by atoms with Gasteiger partial charge in [-0.3, -0.25) is 4.79 Å². The van der Waals surface area contributed by atoms with Crippen molar-refractivity contribution in [3.63, 3.8) is 0 Å². The van der Waals surface area contributed by atoms with E-state index in [-0.39, 0.29) is 35.7 Å². The number of carbonyl (C=O) groups is 1. The summed E-state index contributed by atoms with van der Waals surface area (Å²) in [6, 6.07) is 0.641. The van der Waals surface area contributed by atoms with E-state index in [1.807, 2.05) is 0 Å². The highest BCUT2D eigenvalue weighted by molar-refractivity contribution is 5.85. The normalized spacial score (nSPS) is 24.9. The third-order valence-corrected chi connectivity index (χ3v) is 4.25. The van der Waals surface area contributed by atoms with Crippen LogP contribution < -0.4 is 10.6 Å². The van der Waals surface area contributed by atoms with E-state index in [2.05, 4.69) is 57.3 Å². The molecule has 0 radical (unpaired) electrons. The summed E-state index contributed by atoms with van der Waals surface area (Å²) in [5.74, 6) is 0.404. The molecule has 0 bridgehead atoms. The Bertz CT molecular complexity index is 307. The molecule has 1 saturated heterocycles. The van der Waals surface area contributed by atoms with Gasteiger partial charge in [-0.1, -0.05) is 13.8 Å². The minimum Gasteiger partial charge on any atom is -0.353 e. The topological polar surface area (TPSA) is 44.4 Å². The molecule has 0 aromatic carbocycles. The first-order chi connectivity index (χ1) is 8.72. The monoisotopic (exact) mass is 305 g/mol. The number of carbonyl (C=O) groups excluding carboxylic acids is 1. The summed E-state index contributed by atoms with van der Waals surface area (Å²) in [5, 5.41) is 6.61. The van der Waals surface area contributed by atoms with Crippen molar-refractivity contribution >= 4 is 18.3 Å². The molecule has 1 rings (SSSR count). The molecule has 4 nitrogen and oxygen atoms in total. The molecule has 5 heteroatoms. The molecule has 0 aromatic rings. The van der Waals surface area contributed by atoms with Crippen molar-refractivity contribution < 1.29 is 4.79 Å². The number of nitrogens with zero attached hydrogens (tertiary/aromatic N) is 1. The Balaban J connectivity index is 0.00000361. The van der Waals surface area contributed by atoms with Crippen LogP contribution in [0.5, 0.6) is 0 Å². The third kappa shape index (κ3) is 5.98. The van der Waals surface area contributed by atoms with Gasteiger partial charge >= 0.3 is 0 Å². The van der Waals surface area contributed by atoms with Gasteiger partial charge in [0.1, 0.15) is 0 Å². The van der Waals surface area contributed by atoms with Crippen LogP contribution in [-0.4, -0.2) is 50.1 Å². The Hall–Kier alpha value is -0.320. The van der Waals surface area contributed by atoms with E-state index in [4.69, 9.17) is 0 Å². The van der Waals surface area contributed by atoms with Crippen molar-refractivity contribution in [1.82, 2.24) is 15.5 Å². The van der Waals surface area contributed by atoms with E-state index in [1.165, 1.54) is 0 Å². The molecule has 2 N–H and O–H groups in total. The highest BCUT2D eigenvalue weighted by Crippen LogP contribution is 2.23. The zero-order valence-corrected chi connectivity index (χ0v) is 14.6. The van der Waals surface area contributed by atoms with E-state index >= 15 is 0 Å². The molecule has 0 aliphatic carbocycles. The summed E-state index contributed by atoms with van der Waals surface area (Å²) in [7, 11) is 4.15. The fourth-order valence-corrected chi connectivity index (χ4v) is 2.85. The lowest BCUT2D eigenvalue weighted by atomic mass is 9.84.